The van der Waals surface area contributed by atoms with Crippen molar-refractivity contribution in [2.75, 3.05) is 39.4 Å². The van der Waals surface area contributed by atoms with E-state index in [2.05, 4.69) is 0 Å². The maximum Gasteiger partial charge on any atom is 0.289 e. The third kappa shape index (κ3) is 2.93. The van der Waals surface area contributed by atoms with Gasteiger partial charge in [-0.25, -0.2) is 0 Å². The summed E-state index contributed by atoms with van der Waals surface area (Å²) in [5.74, 6) is 1.18. The van der Waals surface area contributed by atoms with Crippen molar-refractivity contribution >= 4 is 11.8 Å². The number of fused-ring (bicyclic) bond motifs is 1. The fourth-order valence-electron chi connectivity index (χ4n) is 3.08. The highest BCUT2D eigenvalue weighted by Crippen LogP contribution is 2.34. The standard InChI is InChI=1S/C18H18N2O5/c21-17(13-3-1-4-14-16(13)25-12-11-24-14)19-6-8-20(9-7-19)18(22)15-5-2-10-23-15/h1-5,10H,6-9,11-12H2. The van der Waals surface area contributed by atoms with E-state index in [1.165, 1.54) is 6.26 Å². The molecule has 2 aromatic rings. The Kier molecular flexibility index (Phi) is 4.05. The van der Waals surface area contributed by atoms with Crippen LogP contribution < -0.4 is 9.47 Å². The summed E-state index contributed by atoms with van der Waals surface area (Å²) in [5.41, 5.74) is 0.503. The van der Waals surface area contributed by atoms with Gasteiger partial charge in [-0.1, -0.05) is 6.07 Å². The first-order chi connectivity index (χ1) is 12.2. The number of amides is 2. The minimum Gasteiger partial charge on any atom is -0.486 e. The van der Waals surface area contributed by atoms with Crippen molar-refractivity contribution in [2.24, 2.45) is 0 Å². The number of benzene rings is 1. The Morgan fingerprint density at radius 2 is 1.56 bits per heavy atom. The van der Waals surface area contributed by atoms with Crippen LogP contribution in [0.5, 0.6) is 11.5 Å². The third-order valence-corrected chi connectivity index (χ3v) is 4.38. The van der Waals surface area contributed by atoms with E-state index in [1.807, 2.05) is 0 Å². The molecule has 2 aliphatic heterocycles. The predicted molar refractivity (Wildman–Crippen MR) is 87.9 cm³/mol. The Morgan fingerprint density at radius 3 is 2.28 bits per heavy atom. The van der Waals surface area contributed by atoms with Crippen LogP contribution >= 0.6 is 0 Å². The maximum absolute atomic E-state index is 12.8. The van der Waals surface area contributed by atoms with Crippen LogP contribution in [0.4, 0.5) is 0 Å². The largest absolute Gasteiger partial charge is 0.486 e. The van der Waals surface area contributed by atoms with E-state index in [0.29, 0.717) is 62.2 Å². The summed E-state index contributed by atoms with van der Waals surface area (Å²) >= 11 is 0. The van der Waals surface area contributed by atoms with Gasteiger partial charge >= 0.3 is 0 Å². The summed E-state index contributed by atoms with van der Waals surface area (Å²) in [6.45, 7) is 2.79. The molecule has 25 heavy (non-hydrogen) atoms. The summed E-state index contributed by atoms with van der Waals surface area (Å²) < 4.78 is 16.3. The number of carbonyl (C=O) groups is 2. The van der Waals surface area contributed by atoms with Crippen LogP contribution in [0.2, 0.25) is 0 Å². The van der Waals surface area contributed by atoms with Gasteiger partial charge in [0.25, 0.3) is 11.8 Å². The predicted octanol–water partition coefficient (Wildman–Crippen LogP) is 1.65. The maximum atomic E-state index is 12.8. The van der Waals surface area contributed by atoms with Gasteiger partial charge in [0, 0.05) is 26.2 Å². The lowest BCUT2D eigenvalue weighted by atomic mass is 10.1. The molecule has 0 saturated carbocycles. The quantitative estimate of drug-likeness (QED) is 0.830. The first-order valence-corrected chi connectivity index (χ1v) is 8.25. The summed E-state index contributed by atoms with van der Waals surface area (Å²) in [6.07, 6.45) is 1.48. The van der Waals surface area contributed by atoms with Crippen molar-refractivity contribution in [3.05, 3.63) is 47.9 Å². The lowest BCUT2D eigenvalue weighted by Crippen LogP contribution is -2.50. The van der Waals surface area contributed by atoms with Gasteiger partial charge in [0.2, 0.25) is 0 Å². The van der Waals surface area contributed by atoms with Crippen LogP contribution in [0.25, 0.3) is 0 Å². The highest BCUT2D eigenvalue weighted by Gasteiger charge is 2.29. The molecule has 7 heteroatoms. The van der Waals surface area contributed by atoms with Crippen LogP contribution in [0, 0.1) is 0 Å². The number of para-hydroxylation sites is 1. The molecule has 7 nitrogen and oxygen atoms in total. The zero-order valence-electron chi connectivity index (χ0n) is 13.6. The van der Waals surface area contributed by atoms with E-state index in [4.69, 9.17) is 13.9 Å². The van der Waals surface area contributed by atoms with Crippen molar-refractivity contribution in [3.63, 3.8) is 0 Å². The summed E-state index contributed by atoms with van der Waals surface area (Å²) in [4.78, 5) is 28.6. The Morgan fingerprint density at radius 1 is 0.840 bits per heavy atom. The highest BCUT2D eigenvalue weighted by molar-refractivity contribution is 5.98. The fraction of sp³-hybridized carbons (Fsp3) is 0.333. The molecule has 1 fully saturated rings. The van der Waals surface area contributed by atoms with Gasteiger partial charge in [0.15, 0.2) is 17.3 Å². The van der Waals surface area contributed by atoms with Crippen LogP contribution in [0.15, 0.2) is 41.0 Å². The number of hydrogen-bond donors (Lipinski definition) is 0. The molecule has 2 aliphatic rings. The molecule has 1 aromatic carbocycles. The topological polar surface area (TPSA) is 72.2 Å². The number of carbonyl (C=O) groups excluding carboxylic acids is 2. The lowest BCUT2D eigenvalue weighted by molar-refractivity contribution is 0.0514. The highest BCUT2D eigenvalue weighted by atomic mass is 16.6. The minimum absolute atomic E-state index is 0.104. The van der Waals surface area contributed by atoms with Crippen LogP contribution in [0.3, 0.4) is 0 Å². The van der Waals surface area contributed by atoms with E-state index >= 15 is 0 Å². The molecule has 4 rings (SSSR count). The van der Waals surface area contributed by atoms with Gasteiger partial charge in [0.1, 0.15) is 13.2 Å². The molecule has 1 aromatic heterocycles. The molecule has 0 spiro atoms. The van der Waals surface area contributed by atoms with Crippen molar-refractivity contribution in [1.29, 1.82) is 0 Å². The summed E-state index contributed by atoms with van der Waals surface area (Å²) in [6, 6.07) is 8.67. The first kappa shape index (κ1) is 15.6. The molecule has 0 N–H and O–H groups in total. The van der Waals surface area contributed by atoms with Gasteiger partial charge in [0.05, 0.1) is 11.8 Å². The lowest BCUT2D eigenvalue weighted by Gasteiger charge is -2.34. The van der Waals surface area contributed by atoms with E-state index in [0.717, 1.165) is 0 Å². The number of hydrogen-bond acceptors (Lipinski definition) is 5. The monoisotopic (exact) mass is 342 g/mol. The van der Waals surface area contributed by atoms with Crippen LogP contribution in [0.1, 0.15) is 20.9 Å². The molecule has 0 bridgehead atoms. The smallest absolute Gasteiger partial charge is 0.289 e. The number of furan rings is 1. The average molecular weight is 342 g/mol. The summed E-state index contributed by atoms with van der Waals surface area (Å²) in [5, 5.41) is 0. The van der Waals surface area contributed by atoms with Crippen LogP contribution in [-0.2, 0) is 0 Å². The number of nitrogens with zero attached hydrogens (tertiary/aromatic N) is 2. The van der Waals surface area contributed by atoms with Gasteiger partial charge in [-0.2, -0.15) is 0 Å². The zero-order chi connectivity index (χ0) is 17.2. The molecule has 1 saturated heterocycles. The van der Waals surface area contributed by atoms with E-state index in [9.17, 15) is 9.59 Å². The SMILES string of the molecule is O=C(c1ccco1)N1CCN(C(=O)c2cccc3c2OCCO3)CC1. The molecular weight excluding hydrogens is 324 g/mol. The first-order valence-electron chi connectivity index (χ1n) is 8.25. The Hall–Kier alpha value is -2.96. The van der Waals surface area contributed by atoms with Crippen molar-refractivity contribution < 1.29 is 23.5 Å². The fourth-order valence-corrected chi connectivity index (χ4v) is 3.08. The van der Waals surface area contributed by atoms with Crippen molar-refractivity contribution in [1.82, 2.24) is 9.80 Å². The molecule has 0 unspecified atom stereocenters. The Labute approximate surface area is 144 Å². The average Bonchev–Trinajstić information content (AvgIpc) is 3.21. The minimum atomic E-state index is -0.147. The molecule has 0 radical (unpaired) electrons. The zero-order valence-corrected chi connectivity index (χ0v) is 13.6. The molecular formula is C18H18N2O5. The molecule has 0 aliphatic carbocycles. The molecule has 3 heterocycles. The van der Waals surface area contributed by atoms with Gasteiger partial charge in [-0.05, 0) is 24.3 Å². The normalized spacial score (nSPS) is 16.6. The molecule has 130 valence electrons. The van der Waals surface area contributed by atoms with Gasteiger partial charge in [-0.3, -0.25) is 9.59 Å². The number of rotatable bonds is 2. The second-order valence-electron chi connectivity index (χ2n) is 5.89. The Balaban J connectivity index is 1.44. The second kappa shape index (κ2) is 6.51. The van der Waals surface area contributed by atoms with Crippen LogP contribution in [-0.4, -0.2) is 61.0 Å². The van der Waals surface area contributed by atoms with E-state index < -0.39 is 0 Å². The molecule has 0 atom stereocenters. The van der Waals surface area contributed by atoms with E-state index in [-0.39, 0.29) is 11.8 Å². The number of piperazine rings is 1. The van der Waals surface area contributed by atoms with Crippen molar-refractivity contribution in [2.45, 2.75) is 0 Å². The van der Waals surface area contributed by atoms with Gasteiger partial charge < -0.3 is 23.7 Å². The Bertz CT molecular complexity index is 779. The molecule has 2 amide bonds. The third-order valence-electron chi connectivity index (χ3n) is 4.38. The second-order valence-corrected chi connectivity index (χ2v) is 5.89. The van der Waals surface area contributed by atoms with E-state index in [1.54, 1.807) is 40.1 Å². The van der Waals surface area contributed by atoms with Crippen molar-refractivity contribution in [3.8, 4) is 11.5 Å². The number of ether oxygens (including phenoxy) is 2. The summed E-state index contributed by atoms with van der Waals surface area (Å²) in [7, 11) is 0. The van der Waals surface area contributed by atoms with Gasteiger partial charge in [-0.15, -0.1) is 0 Å².